The summed E-state index contributed by atoms with van der Waals surface area (Å²) >= 11 is 0. The Labute approximate surface area is 130 Å². The number of benzene rings is 1. The normalized spacial score (nSPS) is 21.4. The van der Waals surface area contributed by atoms with E-state index in [2.05, 4.69) is 40.5 Å². The van der Waals surface area contributed by atoms with Gasteiger partial charge in [-0.05, 0) is 18.6 Å². The number of rotatable bonds is 5. The van der Waals surface area contributed by atoms with Gasteiger partial charge in [0.15, 0.2) is 0 Å². The average molecular weight is 301 g/mol. The lowest BCUT2D eigenvalue weighted by atomic mass is 10.1. The van der Waals surface area contributed by atoms with Gasteiger partial charge in [0, 0.05) is 43.8 Å². The van der Waals surface area contributed by atoms with Crippen LogP contribution in [0.1, 0.15) is 12.5 Å². The number of nitrogens with zero attached hydrogens (tertiary/aromatic N) is 1. The molecule has 1 aromatic carbocycles. The Bertz CT molecular complexity index is 665. The van der Waals surface area contributed by atoms with Crippen LogP contribution in [0.25, 0.3) is 10.9 Å². The van der Waals surface area contributed by atoms with Crippen molar-refractivity contribution in [1.29, 1.82) is 0 Å². The number of aryl methyl sites for hydroxylation is 1. The summed E-state index contributed by atoms with van der Waals surface area (Å²) in [5, 5.41) is 7.49. The lowest BCUT2D eigenvalue weighted by molar-refractivity contribution is -0.121. The number of carbonyl (C=O) groups is 1. The van der Waals surface area contributed by atoms with Crippen LogP contribution in [0.4, 0.5) is 0 Å². The second kappa shape index (κ2) is 6.50. The molecule has 118 valence electrons. The summed E-state index contributed by atoms with van der Waals surface area (Å²) in [5.41, 5.74) is 2.26. The van der Waals surface area contributed by atoms with Crippen molar-refractivity contribution in [3.05, 3.63) is 36.0 Å². The average Bonchev–Trinajstić information content (AvgIpc) is 3.12. The molecule has 1 fully saturated rings. The van der Waals surface area contributed by atoms with E-state index in [1.165, 1.54) is 5.52 Å². The fourth-order valence-corrected chi connectivity index (χ4v) is 3.20. The zero-order chi connectivity index (χ0) is 15.5. The Morgan fingerprint density at radius 2 is 2.23 bits per heavy atom. The van der Waals surface area contributed by atoms with Gasteiger partial charge in [0.2, 0.25) is 5.91 Å². The second-order valence-electron chi connectivity index (χ2n) is 5.74. The third-order valence-electron chi connectivity index (χ3n) is 4.37. The van der Waals surface area contributed by atoms with Crippen molar-refractivity contribution in [3.8, 4) is 0 Å². The SMILES string of the molecule is CCn1cc(CC(=O)N[C@@H]2CNC[C@@H]2OC)c2ccccc21. The largest absolute Gasteiger partial charge is 0.378 e. The molecular weight excluding hydrogens is 278 g/mol. The molecule has 0 aliphatic carbocycles. The molecule has 0 radical (unpaired) electrons. The molecule has 1 amide bonds. The molecular formula is C17H23N3O2. The van der Waals surface area contributed by atoms with Crippen LogP contribution in [0.2, 0.25) is 0 Å². The topological polar surface area (TPSA) is 55.3 Å². The summed E-state index contributed by atoms with van der Waals surface area (Å²) in [6.45, 7) is 4.57. The molecule has 1 saturated heterocycles. The van der Waals surface area contributed by atoms with Crippen LogP contribution in [0.15, 0.2) is 30.5 Å². The van der Waals surface area contributed by atoms with Crippen LogP contribution in [0, 0.1) is 0 Å². The van der Waals surface area contributed by atoms with Crippen LogP contribution >= 0.6 is 0 Å². The maximum atomic E-state index is 12.4. The Morgan fingerprint density at radius 1 is 1.41 bits per heavy atom. The Kier molecular flexibility index (Phi) is 4.45. The highest BCUT2D eigenvalue weighted by Crippen LogP contribution is 2.21. The molecule has 2 heterocycles. The number of methoxy groups -OCH3 is 1. The number of carbonyl (C=O) groups excluding carboxylic acids is 1. The zero-order valence-electron chi connectivity index (χ0n) is 13.1. The molecule has 22 heavy (non-hydrogen) atoms. The Hall–Kier alpha value is -1.85. The molecule has 1 aliphatic heterocycles. The van der Waals surface area contributed by atoms with Crippen LogP contribution in [-0.2, 0) is 22.5 Å². The zero-order valence-corrected chi connectivity index (χ0v) is 13.1. The van der Waals surface area contributed by atoms with E-state index < -0.39 is 0 Å². The maximum Gasteiger partial charge on any atom is 0.224 e. The predicted octanol–water partition coefficient (Wildman–Crippen LogP) is 1.31. The molecule has 2 N–H and O–H groups in total. The van der Waals surface area contributed by atoms with E-state index in [0.29, 0.717) is 6.42 Å². The highest BCUT2D eigenvalue weighted by molar-refractivity contribution is 5.89. The smallest absolute Gasteiger partial charge is 0.224 e. The highest BCUT2D eigenvalue weighted by Gasteiger charge is 2.28. The van der Waals surface area contributed by atoms with Crippen molar-refractivity contribution in [1.82, 2.24) is 15.2 Å². The van der Waals surface area contributed by atoms with Gasteiger partial charge in [0.25, 0.3) is 0 Å². The number of hydrogen-bond acceptors (Lipinski definition) is 3. The van der Waals surface area contributed by atoms with Crippen LogP contribution < -0.4 is 10.6 Å². The number of para-hydroxylation sites is 1. The fraction of sp³-hybridized carbons (Fsp3) is 0.471. The van der Waals surface area contributed by atoms with Gasteiger partial charge in [-0.3, -0.25) is 4.79 Å². The van der Waals surface area contributed by atoms with Crippen molar-refractivity contribution < 1.29 is 9.53 Å². The number of amides is 1. The molecule has 0 unspecified atom stereocenters. The van der Waals surface area contributed by atoms with E-state index in [-0.39, 0.29) is 18.1 Å². The van der Waals surface area contributed by atoms with Gasteiger partial charge in [0.1, 0.15) is 0 Å². The minimum Gasteiger partial charge on any atom is -0.378 e. The number of hydrogen-bond donors (Lipinski definition) is 2. The van der Waals surface area contributed by atoms with E-state index in [1.54, 1.807) is 7.11 Å². The maximum absolute atomic E-state index is 12.4. The van der Waals surface area contributed by atoms with E-state index in [9.17, 15) is 4.79 Å². The van der Waals surface area contributed by atoms with Gasteiger partial charge in [-0.1, -0.05) is 18.2 Å². The monoisotopic (exact) mass is 301 g/mol. The molecule has 5 nitrogen and oxygen atoms in total. The van der Waals surface area contributed by atoms with Crippen LogP contribution in [-0.4, -0.2) is 42.8 Å². The second-order valence-corrected chi connectivity index (χ2v) is 5.74. The summed E-state index contributed by atoms with van der Waals surface area (Å²) in [6, 6.07) is 8.29. The lowest BCUT2D eigenvalue weighted by Crippen LogP contribution is -2.44. The van der Waals surface area contributed by atoms with Gasteiger partial charge >= 0.3 is 0 Å². The number of ether oxygens (including phenoxy) is 1. The van der Waals surface area contributed by atoms with Gasteiger partial charge in [0.05, 0.1) is 18.6 Å². The minimum absolute atomic E-state index is 0.0507. The molecule has 1 aliphatic rings. The molecule has 0 bridgehead atoms. The van der Waals surface area contributed by atoms with E-state index in [1.807, 2.05) is 12.1 Å². The summed E-state index contributed by atoms with van der Waals surface area (Å²) in [6.07, 6.45) is 2.55. The number of aromatic nitrogens is 1. The van der Waals surface area contributed by atoms with E-state index in [4.69, 9.17) is 4.74 Å². The van der Waals surface area contributed by atoms with Gasteiger partial charge in [-0.15, -0.1) is 0 Å². The summed E-state index contributed by atoms with van der Waals surface area (Å²) < 4.78 is 7.57. The first kappa shape index (κ1) is 15.1. The van der Waals surface area contributed by atoms with Crippen molar-refractivity contribution in [3.63, 3.8) is 0 Å². The summed E-state index contributed by atoms with van der Waals surface area (Å²) in [5.74, 6) is 0.0507. The van der Waals surface area contributed by atoms with Crippen molar-refractivity contribution in [2.45, 2.75) is 32.0 Å². The first-order valence-electron chi connectivity index (χ1n) is 7.82. The Morgan fingerprint density at radius 3 is 3.00 bits per heavy atom. The third kappa shape index (κ3) is 2.87. The first-order valence-corrected chi connectivity index (χ1v) is 7.82. The molecule has 2 atom stereocenters. The van der Waals surface area contributed by atoms with Crippen LogP contribution in [0.5, 0.6) is 0 Å². The molecule has 0 spiro atoms. The van der Waals surface area contributed by atoms with Crippen molar-refractivity contribution in [2.24, 2.45) is 0 Å². The molecule has 2 aromatic rings. The van der Waals surface area contributed by atoms with E-state index >= 15 is 0 Å². The standard InChI is InChI=1S/C17H23N3O2/c1-3-20-11-12(13-6-4-5-7-15(13)20)8-17(21)19-14-9-18-10-16(14)22-2/h4-7,11,14,16,18H,3,8-10H2,1-2H3,(H,19,21)/t14-,16+/m1/s1. The highest BCUT2D eigenvalue weighted by atomic mass is 16.5. The lowest BCUT2D eigenvalue weighted by Gasteiger charge is -2.18. The number of fused-ring (bicyclic) bond motifs is 1. The molecule has 0 saturated carbocycles. The fourth-order valence-electron chi connectivity index (χ4n) is 3.20. The quantitative estimate of drug-likeness (QED) is 0.875. The molecule has 1 aromatic heterocycles. The predicted molar refractivity (Wildman–Crippen MR) is 86.9 cm³/mol. The summed E-state index contributed by atoms with van der Waals surface area (Å²) in [7, 11) is 1.69. The van der Waals surface area contributed by atoms with Gasteiger partial charge in [-0.2, -0.15) is 0 Å². The van der Waals surface area contributed by atoms with E-state index in [0.717, 1.165) is 30.6 Å². The molecule has 3 rings (SSSR count). The third-order valence-corrected chi connectivity index (χ3v) is 4.37. The van der Waals surface area contributed by atoms with Crippen molar-refractivity contribution >= 4 is 16.8 Å². The van der Waals surface area contributed by atoms with Gasteiger partial charge in [-0.25, -0.2) is 0 Å². The van der Waals surface area contributed by atoms with Crippen LogP contribution in [0.3, 0.4) is 0 Å². The summed E-state index contributed by atoms with van der Waals surface area (Å²) in [4.78, 5) is 12.4. The van der Waals surface area contributed by atoms with Crippen molar-refractivity contribution in [2.75, 3.05) is 20.2 Å². The van der Waals surface area contributed by atoms with Gasteiger partial charge < -0.3 is 19.9 Å². The molecule has 5 heteroatoms. The minimum atomic E-state index is 0.0507. The number of nitrogens with one attached hydrogen (secondary N) is 2. The first-order chi connectivity index (χ1) is 10.7. The Balaban J connectivity index is 1.74.